The molecule has 0 heterocycles. The molecule has 5 heteroatoms. The lowest BCUT2D eigenvalue weighted by atomic mass is 10.3. The van der Waals surface area contributed by atoms with E-state index in [2.05, 4.69) is 5.32 Å². The highest BCUT2D eigenvalue weighted by Gasteiger charge is 2.04. The molecule has 0 atom stereocenters. The Hall–Kier alpha value is -1.31. The van der Waals surface area contributed by atoms with Crippen LogP contribution in [0.2, 0.25) is 5.02 Å². The smallest absolute Gasteiger partial charge is 0.182 e. The summed E-state index contributed by atoms with van der Waals surface area (Å²) in [5.41, 5.74) is 0.589. The number of hydrogen-bond acceptors (Lipinski definition) is 3. The first kappa shape index (κ1) is 10.8. The molecule has 72 valence electrons. The van der Waals surface area contributed by atoms with E-state index in [1.165, 1.54) is 7.11 Å². The third-order valence-electron chi connectivity index (χ3n) is 1.51. The van der Waals surface area contributed by atoms with Crippen molar-refractivity contribution in [2.24, 2.45) is 0 Å². The Morgan fingerprint density at radius 3 is 2.93 bits per heavy atom. The zero-order chi connectivity index (χ0) is 10.6. The molecule has 3 nitrogen and oxygen atoms in total. The molecule has 0 aromatic heterocycles. The fourth-order valence-corrected chi connectivity index (χ4v) is 1.21. The van der Waals surface area contributed by atoms with E-state index in [-0.39, 0.29) is 4.99 Å². The Morgan fingerprint density at radius 1 is 1.64 bits per heavy atom. The summed E-state index contributed by atoms with van der Waals surface area (Å²) >= 11 is 10.5. The molecule has 0 radical (unpaired) electrons. The first-order valence-corrected chi connectivity index (χ1v) is 4.50. The Morgan fingerprint density at radius 2 is 2.36 bits per heavy atom. The van der Waals surface area contributed by atoms with E-state index in [0.717, 1.165) is 0 Å². The van der Waals surface area contributed by atoms with Crippen molar-refractivity contribution in [2.45, 2.75) is 0 Å². The summed E-state index contributed by atoms with van der Waals surface area (Å²) in [5.74, 6) is 0.590. The molecule has 0 spiro atoms. The van der Waals surface area contributed by atoms with E-state index in [1.54, 1.807) is 24.3 Å². The Bertz CT molecular complexity index is 400. The molecule has 0 amide bonds. The summed E-state index contributed by atoms with van der Waals surface area (Å²) in [6.45, 7) is 0. The van der Waals surface area contributed by atoms with E-state index in [9.17, 15) is 0 Å². The molecule has 1 rings (SSSR count). The van der Waals surface area contributed by atoms with Gasteiger partial charge < -0.3 is 10.1 Å². The lowest BCUT2D eigenvalue weighted by Crippen LogP contribution is -2.06. The van der Waals surface area contributed by atoms with Gasteiger partial charge in [0.05, 0.1) is 12.8 Å². The van der Waals surface area contributed by atoms with Crippen molar-refractivity contribution in [1.82, 2.24) is 0 Å². The van der Waals surface area contributed by atoms with E-state index in [1.807, 2.05) is 0 Å². The highest BCUT2D eigenvalue weighted by atomic mass is 35.5. The third kappa shape index (κ3) is 2.59. The fourth-order valence-electron chi connectivity index (χ4n) is 0.928. The largest absolute Gasteiger partial charge is 0.495 e. The lowest BCUT2D eigenvalue weighted by molar-refractivity contribution is 0.417. The van der Waals surface area contributed by atoms with Gasteiger partial charge >= 0.3 is 0 Å². The molecule has 0 unspecified atom stereocenters. The van der Waals surface area contributed by atoms with Crippen LogP contribution in [0.25, 0.3) is 0 Å². The van der Waals surface area contributed by atoms with Crippen LogP contribution in [-0.2, 0) is 0 Å². The van der Waals surface area contributed by atoms with Gasteiger partial charge in [0.25, 0.3) is 0 Å². The summed E-state index contributed by atoms with van der Waals surface area (Å²) in [4.78, 5) is 0.0746. The second kappa shape index (κ2) is 4.80. The van der Waals surface area contributed by atoms with E-state index in [4.69, 9.17) is 33.8 Å². The van der Waals surface area contributed by atoms with Crippen LogP contribution in [0.5, 0.6) is 5.75 Å². The van der Waals surface area contributed by atoms with Gasteiger partial charge in [-0.3, -0.25) is 0 Å². The SMILES string of the molecule is COc1ccc(Cl)cc1NC(=S)C#N. The quantitative estimate of drug-likeness (QED) is 0.788. The normalized spacial score (nSPS) is 8.93. The predicted octanol–water partition coefficient (Wildman–Crippen LogP) is 2.61. The van der Waals surface area contributed by atoms with Crippen molar-refractivity contribution in [3.05, 3.63) is 23.2 Å². The standard InChI is InChI=1S/C9H7ClN2OS/c1-13-8-3-2-6(10)4-7(8)12-9(14)5-11/h2-4H,1H3,(H,12,14). The van der Waals surface area contributed by atoms with E-state index >= 15 is 0 Å². The van der Waals surface area contributed by atoms with Gasteiger partial charge in [-0.15, -0.1) is 0 Å². The van der Waals surface area contributed by atoms with Crippen LogP contribution in [0, 0.1) is 11.3 Å². The molecule has 0 aliphatic rings. The number of ether oxygens (including phenoxy) is 1. The molecule has 1 aromatic rings. The second-order valence-electron chi connectivity index (χ2n) is 2.41. The van der Waals surface area contributed by atoms with Gasteiger partial charge in [-0.05, 0) is 30.4 Å². The molecule has 0 bridgehead atoms. The number of thiocarbonyl (C=S) groups is 1. The molecule has 0 aliphatic heterocycles. The predicted molar refractivity (Wildman–Crippen MR) is 59.8 cm³/mol. The molecule has 0 saturated carbocycles. The topological polar surface area (TPSA) is 45.0 Å². The van der Waals surface area contributed by atoms with Gasteiger partial charge in [0, 0.05) is 5.02 Å². The average molecular weight is 227 g/mol. The van der Waals surface area contributed by atoms with Crippen LogP contribution in [0.3, 0.4) is 0 Å². The van der Waals surface area contributed by atoms with Gasteiger partial charge in [-0.2, -0.15) is 5.26 Å². The molecule has 0 saturated heterocycles. The maximum Gasteiger partial charge on any atom is 0.182 e. The van der Waals surface area contributed by atoms with Gasteiger partial charge in [0.1, 0.15) is 11.8 Å². The number of halogens is 1. The molecule has 1 aromatic carbocycles. The number of hydrogen-bond donors (Lipinski definition) is 1. The minimum absolute atomic E-state index is 0.0746. The van der Waals surface area contributed by atoms with Crippen molar-refractivity contribution in [2.75, 3.05) is 12.4 Å². The number of nitrogens with one attached hydrogen (secondary N) is 1. The first-order chi connectivity index (χ1) is 6.67. The average Bonchev–Trinajstić information content (AvgIpc) is 2.18. The molecular weight excluding hydrogens is 220 g/mol. The summed E-state index contributed by atoms with van der Waals surface area (Å²) < 4.78 is 5.06. The summed E-state index contributed by atoms with van der Waals surface area (Å²) in [5, 5.41) is 11.8. The Balaban J connectivity index is 3.00. The van der Waals surface area contributed by atoms with Crippen LogP contribution in [0.1, 0.15) is 0 Å². The first-order valence-electron chi connectivity index (χ1n) is 3.72. The van der Waals surface area contributed by atoms with Crippen molar-refractivity contribution >= 4 is 34.5 Å². The summed E-state index contributed by atoms with van der Waals surface area (Å²) in [6, 6.07) is 6.84. The van der Waals surface area contributed by atoms with Gasteiger partial charge in [-0.25, -0.2) is 0 Å². The number of anilines is 1. The van der Waals surface area contributed by atoms with E-state index in [0.29, 0.717) is 16.5 Å². The monoisotopic (exact) mass is 226 g/mol. The minimum atomic E-state index is 0.0746. The highest BCUT2D eigenvalue weighted by molar-refractivity contribution is 7.81. The van der Waals surface area contributed by atoms with Crippen LogP contribution in [-0.4, -0.2) is 12.1 Å². The molecule has 0 aliphatic carbocycles. The van der Waals surface area contributed by atoms with Gasteiger partial charge in [-0.1, -0.05) is 11.6 Å². The third-order valence-corrected chi connectivity index (χ3v) is 1.94. The summed E-state index contributed by atoms with van der Waals surface area (Å²) in [7, 11) is 1.53. The molecule has 0 fully saturated rings. The van der Waals surface area contributed by atoms with Crippen molar-refractivity contribution < 1.29 is 4.74 Å². The summed E-state index contributed by atoms with van der Waals surface area (Å²) in [6.07, 6.45) is 0. The number of nitrogens with zero attached hydrogens (tertiary/aromatic N) is 1. The number of methoxy groups -OCH3 is 1. The van der Waals surface area contributed by atoms with Crippen molar-refractivity contribution in [3.8, 4) is 11.8 Å². The van der Waals surface area contributed by atoms with Crippen molar-refractivity contribution in [3.63, 3.8) is 0 Å². The Labute approximate surface area is 92.2 Å². The zero-order valence-corrected chi connectivity index (χ0v) is 8.95. The van der Waals surface area contributed by atoms with Crippen LogP contribution < -0.4 is 10.1 Å². The molecular formula is C9H7ClN2OS. The fraction of sp³-hybridized carbons (Fsp3) is 0.111. The zero-order valence-electron chi connectivity index (χ0n) is 7.37. The van der Waals surface area contributed by atoms with Gasteiger partial charge in [0.15, 0.2) is 4.99 Å². The number of benzene rings is 1. The van der Waals surface area contributed by atoms with Crippen LogP contribution in [0.15, 0.2) is 18.2 Å². The molecule has 1 N–H and O–H groups in total. The number of nitriles is 1. The maximum absolute atomic E-state index is 8.50. The van der Waals surface area contributed by atoms with Gasteiger partial charge in [0.2, 0.25) is 0 Å². The highest BCUT2D eigenvalue weighted by Crippen LogP contribution is 2.27. The van der Waals surface area contributed by atoms with E-state index < -0.39 is 0 Å². The minimum Gasteiger partial charge on any atom is -0.495 e. The lowest BCUT2D eigenvalue weighted by Gasteiger charge is -2.08. The van der Waals surface area contributed by atoms with Crippen LogP contribution in [0.4, 0.5) is 5.69 Å². The molecule has 14 heavy (non-hydrogen) atoms. The number of rotatable bonds is 2. The maximum atomic E-state index is 8.50. The second-order valence-corrected chi connectivity index (χ2v) is 3.26. The van der Waals surface area contributed by atoms with Crippen LogP contribution >= 0.6 is 23.8 Å². The Kier molecular flexibility index (Phi) is 3.69. The van der Waals surface area contributed by atoms with Crippen molar-refractivity contribution in [1.29, 1.82) is 5.26 Å².